The van der Waals surface area contributed by atoms with Gasteiger partial charge in [-0.25, -0.2) is 0 Å². The minimum absolute atomic E-state index is 0. The van der Waals surface area contributed by atoms with Crippen molar-refractivity contribution in [1.82, 2.24) is 4.98 Å². The second-order valence-electron chi connectivity index (χ2n) is 4.22. The second-order valence-corrected chi connectivity index (χ2v) is 5.07. The molecule has 2 aromatic carbocycles. The van der Waals surface area contributed by atoms with E-state index in [1.165, 1.54) is 10.9 Å². The van der Waals surface area contributed by atoms with E-state index in [1.807, 2.05) is 36.5 Å². The zero-order valence-electron chi connectivity index (χ0n) is 10.3. The van der Waals surface area contributed by atoms with Crippen LogP contribution >= 0.6 is 15.9 Å². The van der Waals surface area contributed by atoms with Crippen LogP contribution in [-0.4, -0.2) is 4.98 Å². The molecule has 3 heteroatoms. The molecule has 19 heavy (non-hydrogen) atoms. The summed E-state index contributed by atoms with van der Waals surface area (Å²) in [5, 5.41) is 2.28. The Kier molecular flexibility index (Phi) is 4.54. The largest absolute Gasteiger partial charge is 0.266 e. The number of pyridine rings is 1. The van der Waals surface area contributed by atoms with E-state index >= 15 is 0 Å². The first-order valence-electron chi connectivity index (χ1n) is 5.78. The van der Waals surface area contributed by atoms with Gasteiger partial charge in [-0.3, -0.25) is 4.98 Å². The molecule has 3 rings (SSSR count). The van der Waals surface area contributed by atoms with Crippen LogP contribution in [0.15, 0.2) is 53.1 Å². The smallest absolute Gasteiger partial charge is 0.0297 e. The van der Waals surface area contributed by atoms with Crippen LogP contribution in [0.3, 0.4) is 0 Å². The van der Waals surface area contributed by atoms with Crippen LogP contribution in [0, 0.1) is 13.0 Å². The maximum atomic E-state index is 4.45. The van der Waals surface area contributed by atoms with Gasteiger partial charge in [-0.1, -0.05) is 55.1 Å². The van der Waals surface area contributed by atoms with Crippen molar-refractivity contribution in [2.45, 2.75) is 6.92 Å². The summed E-state index contributed by atoms with van der Waals surface area (Å²) in [6, 6.07) is 17.5. The second kappa shape index (κ2) is 5.98. The Morgan fingerprint density at radius 1 is 1.11 bits per heavy atom. The molecule has 0 bridgehead atoms. The first kappa shape index (κ1) is 14.4. The summed E-state index contributed by atoms with van der Waals surface area (Å²) in [5.41, 5.74) is 3.37. The van der Waals surface area contributed by atoms with Crippen LogP contribution in [0.25, 0.3) is 22.0 Å². The van der Waals surface area contributed by atoms with Crippen LogP contribution in [0.1, 0.15) is 5.56 Å². The molecule has 1 aromatic heterocycles. The molecule has 0 aliphatic carbocycles. The summed E-state index contributed by atoms with van der Waals surface area (Å²) in [5.74, 6) is 0. The maximum absolute atomic E-state index is 4.45. The number of hydrogen-bond acceptors (Lipinski definition) is 1. The molecule has 0 radical (unpaired) electrons. The summed E-state index contributed by atoms with van der Waals surface area (Å²) in [6.07, 6.45) is 1.82. The minimum Gasteiger partial charge on any atom is -0.266 e. The standard InChI is InChI=1S/C16H11BrN.Pt/c1-11-8-9-12-13(5-4-6-14(12)17)16(11)15-7-2-3-10-18-15;/h2-4,6-10H,1H3;/q-1;. The van der Waals surface area contributed by atoms with E-state index in [1.54, 1.807) is 0 Å². The molecule has 3 aromatic rings. The van der Waals surface area contributed by atoms with Crippen LogP contribution in [0.5, 0.6) is 0 Å². The zero-order valence-corrected chi connectivity index (χ0v) is 14.1. The number of halogens is 1. The average Bonchev–Trinajstić information content (AvgIpc) is 2.40. The number of nitrogens with zero attached hydrogens (tertiary/aromatic N) is 1. The van der Waals surface area contributed by atoms with Gasteiger partial charge in [0, 0.05) is 33.0 Å². The normalized spacial score (nSPS) is 10.2. The summed E-state index contributed by atoms with van der Waals surface area (Å²) >= 11 is 3.59. The molecule has 0 N–H and O–H groups in total. The number of aryl methyl sites for hydroxylation is 1. The van der Waals surface area contributed by atoms with E-state index in [0.29, 0.717) is 0 Å². The van der Waals surface area contributed by atoms with Crippen LogP contribution in [0.4, 0.5) is 0 Å². The van der Waals surface area contributed by atoms with Gasteiger partial charge in [-0.05, 0) is 19.1 Å². The molecule has 98 valence electrons. The van der Waals surface area contributed by atoms with E-state index in [4.69, 9.17) is 0 Å². The topological polar surface area (TPSA) is 12.9 Å². The van der Waals surface area contributed by atoms with Crippen molar-refractivity contribution in [2.75, 3.05) is 0 Å². The summed E-state index contributed by atoms with van der Waals surface area (Å²) in [4.78, 5) is 4.45. The van der Waals surface area contributed by atoms with Gasteiger partial charge in [0.15, 0.2) is 0 Å². The summed E-state index contributed by atoms with van der Waals surface area (Å²) < 4.78 is 1.09. The minimum atomic E-state index is 0. The predicted molar refractivity (Wildman–Crippen MR) is 78.5 cm³/mol. The van der Waals surface area contributed by atoms with E-state index in [9.17, 15) is 0 Å². The fourth-order valence-electron chi connectivity index (χ4n) is 2.18. The number of hydrogen-bond donors (Lipinski definition) is 0. The molecule has 1 nitrogen and oxygen atoms in total. The predicted octanol–water partition coefficient (Wildman–Crippen LogP) is 4.77. The first-order valence-corrected chi connectivity index (χ1v) is 6.57. The Hall–Kier alpha value is -0.982. The van der Waals surface area contributed by atoms with Crippen molar-refractivity contribution >= 4 is 26.7 Å². The average molecular weight is 492 g/mol. The maximum Gasteiger partial charge on any atom is 0.0297 e. The van der Waals surface area contributed by atoms with Crippen molar-refractivity contribution < 1.29 is 21.1 Å². The molecule has 0 amide bonds. The van der Waals surface area contributed by atoms with Gasteiger partial charge in [0.25, 0.3) is 0 Å². The Morgan fingerprint density at radius 3 is 2.68 bits per heavy atom. The van der Waals surface area contributed by atoms with Crippen LogP contribution in [0.2, 0.25) is 0 Å². The molecular weight excluding hydrogens is 481 g/mol. The Morgan fingerprint density at radius 2 is 1.95 bits per heavy atom. The van der Waals surface area contributed by atoms with Gasteiger partial charge in [0.1, 0.15) is 0 Å². The number of fused-ring (bicyclic) bond motifs is 1. The van der Waals surface area contributed by atoms with E-state index in [2.05, 4.69) is 46.0 Å². The van der Waals surface area contributed by atoms with Gasteiger partial charge in [0.05, 0.1) is 0 Å². The molecule has 0 atom stereocenters. The first-order chi connectivity index (χ1) is 8.77. The van der Waals surface area contributed by atoms with Crippen molar-refractivity contribution in [3.63, 3.8) is 0 Å². The van der Waals surface area contributed by atoms with Crippen molar-refractivity contribution in [1.29, 1.82) is 0 Å². The van der Waals surface area contributed by atoms with Gasteiger partial charge in [-0.2, -0.15) is 0 Å². The molecule has 0 saturated carbocycles. The third kappa shape index (κ3) is 2.66. The van der Waals surface area contributed by atoms with Crippen LogP contribution < -0.4 is 0 Å². The molecular formula is C16H11BrNPt-. The van der Waals surface area contributed by atoms with E-state index in [0.717, 1.165) is 21.1 Å². The Bertz CT molecular complexity index is 711. The van der Waals surface area contributed by atoms with Gasteiger partial charge >= 0.3 is 0 Å². The molecule has 0 saturated heterocycles. The third-order valence-corrected chi connectivity index (χ3v) is 3.74. The quantitative estimate of drug-likeness (QED) is 0.447. The van der Waals surface area contributed by atoms with Crippen molar-refractivity contribution in [2.24, 2.45) is 0 Å². The molecule has 0 aliphatic heterocycles. The molecule has 1 heterocycles. The molecule has 0 spiro atoms. The molecule has 0 aliphatic rings. The summed E-state index contributed by atoms with van der Waals surface area (Å²) in [7, 11) is 0. The number of aromatic nitrogens is 1. The third-order valence-electron chi connectivity index (χ3n) is 3.05. The number of rotatable bonds is 1. The van der Waals surface area contributed by atoms with Crippen molar-refractivity contribution in [3.05, 3.63) is 64.8 Å². The Balaban J connectivity index is 0.00000133. The SMILES string of the molecule is Cc1ccc2c(Br)cc[c-]c2c1-c1ccccn1.[Pt]. The summed E-state index contributed by atoms with van der Waals surface area (Å²) in [6.45, 7) is 2.11. The fraction of sp³-hybridized carbons (Fsp3) is 0.0625. The Labute approximate surface area is 135 Å². The van der Waals surface area contributed by atoms with Gasteiger partial charge in [0.2, 0.25) is 0 Å². The molecule has 0 unspecified atom stereocenters. The van der Waals surface area contributed by atoms with Crippen LogP contribution in [-0.2, 0) is 21.1 Å². The zero-order chi connectivity index (χ0) is 12.5. The van der Waals surface area contributed by atoms with Gasteiger partial charge < -0.3 is 0 Å². The monoisotopic (exact) mass is 491 g/mol. The van der Waals surface area contributed by atoms with E-state index < -0.39 is 0 Å². The van der Waals surface area contributed by atoms with Gasteiger partial charge in [-0.15, -0.1) is 23.6 Å². The van der Waals surface area contributed by atoms with E-state index in [-0.39, 0.29) is 21.1 Å². The number of benzene rings is 2. The van der Waals surface area contributed by atoms with Crippen molar-refractivity contribution in [3.8, 4) is 11.3 Å². The molecule has 0 fully saturated rings. The fourth-order valence-corrected chi connectivity index (χ4v) is 2.65.